The molecular formula is C19H20N4O3. The minimum atomic E-state index is -0.160. The van der Waals surface area contributed by atoms with E-state index in [1.165, 1.54) is 6.92 Å². The van der Waals surface area contributed by atoms with Gasteiger partial charge in [0.05, 0.1) is 19.9 Å². The molecule has 0 aliphatic heterocycles. The number of rotatable bonds is 7. The normalized spacial score (nSPS) is 10.4. The smallest absolute Gasteiger partial charge is 0.183 e. The lowest BCUT2D eigenvalue weighted by Gasteiger charge is -2.13. The molecule has 26 heavy (non-hydrogen) atoms. The monoisotopic (exact) mass is 352 g/mol. The van der Waals surface area contributed by atoms with Crippen molar-refractivity contribution < 1.29 is 14.3 Å². The Hall–Kier alpha value is -3.35. The number of hydrogen-bond donors (Lipinski definition) is 1. The Labute approximate surface area is 151 Å². The summed E-state index contributed by atoms with van der Waals surface area (Å²) in [6.45, 7) is 1.89. The van der Waals surface area contributed by atoms with Crippen LogP contribution in [0.2, 0.25) is 0 Å². The van der Waals surface area contributed by atoms with Gasteiger partial charge >= 0.3 is 0 Å². The van der Waals surface area contributed by atoms with Crippen LogP contribution in [-0.2, 0) is 6.54 Å². The van der Waals surface area contributed by atoms with Gasteiger partial charge in [0.1, 0.15) is 11.5 Å². The summed E-state index contributed by atoms with van der Waals surface area (Å²) in [4.78, 5) is 11.9. The topological polar surface area (TPSA) is 78.3 Å². The molecule has 7 nitrogen and oxygen atoms in total. The largest absolute Gasteiger partial charge is 0.497 e. The SMILES string of the molecule is COc1ccc(OC)c(CNc2c(C(C)=O)nnn2-c2ccccc2)c1. The molecule has 0 bridgehead atoms. The second kappa shape index (κ2) is 7.69. The van der Waals surface area contributed by atoms with Gasteiger partial charge < -0.3 is 14.8 Å². The fraction of sp³-hybridized carbons (Fsp3) is 0.211. The van der Waals surface area contributed by atoms with Crippen LogP contribution in [0.5, 0.6) is 11.5 Å². The van der Waals surface area contributed by atoms with Crippen LogP contribution in [0.15, 0.2) is 48.5 Å². The Bertz CT molecular complexity index is 906. The van der Waals surface area contributed by atoms with E-state index >= 15 is 0 Å². The van der Waals surface area contributed by atoms with Gasteiger partial charge in [0.2, 0.25) is 0 Å². The lowest BCUT2D eigenvalue weighted by Crippen LogP contribution is -2.10. The quantitative estimate of drug-likeness (QED) is 0.658. The van der Waals surface area contributed by atoms with Crippen molar-refractivity contribution in [3.05, 3.63) is 59.8 Å². The summed E-state index contributed by atoms with van der Waals surface area (Å²) < 4.78 is 12.3. The first-order valence-electron chi connectivity index (χ1n) is 8.11. The van der Waals surface area contributed by atoms with E-state index in [1.54, 1.807) is 18.9 Å². The number of nitrogens with one attached hydrogen (secondary N) is 1. The van der Waals surface area contributed by atoms with E-state index in [0.29, 0.717) is 12.4 Å². The lowest BCUT2D eigenvalue weighted by atomic mass is 10.2. The summed E-state index contributed by atoms with van der Waals surface area (Å²) in [6.07, 6.45) is 0. The summed E-state index contributed by atoms with van der Waals surface area (Å²) in [7, 11) is 3.23. The Balaban J connectivity index is 1.95. The molecule has 134 valence electrons. The molecule has 2 aromatic carbocycles. The third-order valence-corrected chi connectivity index (χ3v) is 3.94. The summed E-state index contributed by atoms with van der Waals surface area (Å²) in [5.74, 6) is 1.83. The standard InChI is InChI=1S/C19H20N4O3/c1-13(24)18-19(23(22-21-18)15-7-5-4-6-8-15)20-12-14-11-16(25-2)9-10-17(14)26-3/h4-11,20H,12H2,1-3H3. The number of carbonyl (C=O) groups excluding carboxylic acids is 1. The van der Waals surface area contributed by atoms with Crippen molar-refractivity contribution in [1.29, 1.82) is 0 Å². The van der Waals surface area contributed by atoms with Crippen molar-refractivity contribution in [2.45, 2.75) is 13.5 Å². The van der Waals surface area contributed by atoms with Gasteiger partial charge in [0, 0.05) is 19.0 Å². The first kappa shape index (κ1) is 17.5. The zero-order valence-corrected chi connectivity index (χ0v) is 14.9. The van der Waals surface area contributed by atoms with Gasteiger partial charge in [-0.15, -0.1) is 5.10 Å². The van der Waals surface area contributed by atoms with Crippen LogP contribution in [0.4, 0.5) is 5.82 Å². The second-order valence-corrected chi connectivity index (χ2v) is 5.62. The van der Waals surface area contributed by atoms with Crippen LogP contribution in [0.1, 0.15) is 23.0 Å². The van der Waals surface area contributed by atoms with E-state index in [9.17, 15) is 4.79 Å². The van der Waals surface area contributed by atoms with Gasteiger partial charge in [-0.1, -0.05) is 23.4 Å². The van der Waals surface area contributed by atoms with Crippen molar-refractivity contribution in [2.75, 3.05) is 19.5 Å². The Morgan fingerprint density at radius 1 is 1.12 bits per heavy atom. The van der Waals surface area contributed by atoms with Crippen LogP contribution >= 0.6 is 0 Å². The molecule has 0 unspecified atom stereocenters. The number of Topliss-reactive ketones (excluding diaryl/α,β-unsaturated/α-hetero) is 1. The van der Waals surface area contributed by atoms with Gasteiger partial charge in [-0.3, -0.25) is 4.79 Å². The molecule has 0 spiro atoms. The van der Waals surface area contributed by atoms with E-state index in [2.05, 4.69) is 15.6 Å². The van der Waals surface area contributed by atoms with Crippen LogP contribution < -0.4 is 14.8 Å². The third-order valence-electron chi connectivity index (χ3n) is 3.94. The van der Waals surface area contributed by atoms with E-state index in [-0.39, 0.29) is 11.5 Å². The van der Waals surface area contributed by atoms with E-state index in [1.807, 2.05) is 48.5 Å². The molecule has 0 aliphatic carbocycles. The second-order valence-electron chi connectivity index (χ2n) is 5.62. The lowest BCUT2D eigenvalue weighted by molar-refractivity contribution is 0.101. The summed E-state index contributed by atoms with van der Waals surface area (Å²) >= 11 is 0. The summed E-state index contributed by atoms with van der Waals surface area (Å²) in [5.41, 5.74) is 1.99. The van der Waals surface area contributed by atoms with Gasteiger partial charge in [0.15, 0.2) is 17.3 Å². The number of para-hydroxylation sites is 1. The highest BCUT2D eigenvalue weighted by molar-refractivity contribution is 5.96. The number of benzene rings is 2. The van der Waals surface area contributed by atoms with E-state index in [4.69, 9.17) is 9.47 Å². The highest BCUT2D eigenvalue weighted by Gasteiger charge is 2.18. The zero-order chi connectivity index (χ0) is 18.5. The summed E-state index contributed by atoms with van der Waals surface area (Å²) in [6, 6.07) is 15.1. The van der Waals surface area contributed by atoms with Crippen molar-refractivity contribution in [2.24, 2.45) is 0 Å². The van der Waals surface area contributed by atoms with Crippen LogP contribution in [-0.4, -0.2) is 35.0 Å². The van der Waals surface area contributed by atoms with Crippen LogP contribution in [0.25, 0.3) is 5.69 Å². The molecule has 1 heterocycles. The molecule has 0 saturated heterocycles. The van der Waals surface area contributed by atoms with Crippen LogP contribution in [0, 0.1) is 0 Å². The predicted octanol–water partition coefficient (Wildman–Crippen LogP) is 3.10. The predicted molar refractivity (Wildman–Crippen MR) is 98.2 cm³/mol. The highest BCUT2D eigenvalue weighted by Crippen LogP contribution is 2.26. The van der Waals surface area contributed by atoms with Gasteiger partial charge in [-0.2, -0.15) is 4.68 Å². The fourth-order valence-corrected chi connectivity index (χ4v) is 2.63. The van der Waals surface area contributed by atoms with Crippen molar-refractivity contribution >= 4 is 11.6 Å². The first-order chi connectivity index (χ1) is 12.6. The number of aromatic nitrogens is 3. The number of nitrogens with zero attached hydrogens (tertiary/aromatic N) is 3. The molecule has 0 aliphatic rings. The zero-order valence-electron chi connectivity index (χ0n) is 14.9. The maximum atomic E-state index is 11.9. The van der Waals surface area contributed by atoms with Crippen LogP contribution in [0.3, 0.4) is 0 Å². The molecule has 3 aromatic rings. The molecule has 0 saturated carbocycles. The summed E-state index contributed by atoms with van der Waals surface area (Å²) in [5, 5.41) is 11.4. The van der Waals surface area contributed by atoms with E-state index < -0.39 is 0 Å². The number of anilines is 1. The van der Waals surface area contributed by atoms with Gasteiger partial charge in [-0.05, 0) is 30.3 Å². The average molecular weight is 352 g/mol. The van der Waals surface area contributed by atoms with Crippen molar-refractivity contribution in [3.8, 4) is 17.2 Å². The maximum absolute atomic E-state index is 11.9. The first-order valence-corrected chi connectivity index (χ1v) is 8.11. The number of hydrogen-bond acceptors (Lipinski definition) is 6. The fourth-order valence-electron chi connectivity index (χ4n) is 2.63. The highest BCUT2D eigenvalue weighted by atomic mass is 16.5. The molecule has 3 rings (SSSR count). The van der Waals surface area contributed by atoms with Crippen molar-refractivity contribution in [3.63, 3.8) is 0 Å². The molecule has 0 amide bonds. The molecule has 7 heteroatoms. The molecule has 1 aromatic heterocycles. The Kier molecular flexibility index (Phi) is 5.17. The van der Waals surface area contributed by atoms with Gasteiger partial charge in [-0.25, -0.2) is 0 Å². The van der Waals surface area contributed by atoms with E-state index in [0.717, 1.165) is 22.7 Å². The van der Waals surface area contributed by atoms with Crippen molar-refractivity contribution in [1.82, 2.24) is 15.0 Å². The Morgan fingerprint density at radius 3 is 2.54 bits per heavy atom. The maximum Gasteiger partial charge on any atom is 0.183 e. The Morgan fingerprint density at radius 2 is 1.88 bits per heavy atom. The van der Waals surface area contributed by atoms with Gasteiger partial charge in [0.25, 0.3) is 0 Å². The molecule has 0 radical (unpaired) electrons. The minimum absolute atomic E-state index is 0.160. The minimum Gasteiger partial charge on any atom is -0.497 e. The third kappa shape index (κ3) is 3.51. The molecule has 1 N–H and O–H groups in total. The molecular weight excluding hydrogens is 332 g/mol. The molecule has 0 atom stereocenters. The number of methoxy groups -OCH3 is 2. The number of ketones is 1. The molecule has 0 fully saturated rings. The average Bonchev–Trinajstić information content (AvgIpc) is 3.11. The number of ether oxygens (including phenoxy) is 2. The number of carbonyl (C=O) groups is 1.